The molecule has 1 aliphatic rings. The molecule has 1 amide bonds. The van der Waals surface area contributed by atoms with Gasteiger partial charge in [0, 0.05) is 17.2 Å². The van der Waals surface area contributed by atoms with Crippen LogP contribution in [0.1, 0.15) is 23.9 Å². The van der Waals surface area contributed by atoms with E-state index in [1.807, 2.05) is 13.8 Å². The van der Waals surface area contributed by atoms with Crippen molar-refractivity contribution in [3.63, 3.8) is 0 Å². The first-order chi connectivity index (χ1) is 7.98. The molecule has 1 saturated heterocycles. The number of hydrogen-bond donors (Lipinski definition) is 2. The highest BCUT2D eigenvalue weighted by atomic mass is 32.1. The van der Waals surface area contributed by atoms with E-state index < -0.39 is 0 Å². The zero-order valence-corrected chi connectivity index (χ0v) is 11.6. The number of thiazole rings is 1. The Morgan fingerprint density at radius 2 is 2.47 bits per heavy atom. The molecule has 1 aromatic heterocycles. The summed E-state index contributed by atoms with van der Waals surface area (Å²) < 4.78 is 6.03. The third-order valence-corrected chi connectivity index (χ3v) is 4.24. The fraction of sp³-hybridized carbons (Fsp3) is 0.636. The van der Waals surface area contributed by atoms with E-state index in [4.69, 9.17) is 17.0 Å². The van der Waals surface area contributed by atoms with Crippen LogP contribution in [-0.4, -0.2) is 29.6 Å². The predicted molar refractivity (Wildman–Crippen MR) is 69.9 cm³/mol. The summed E-state index contributed by atoms with van der Waals surface area (Å²) in [5, 5.41) is 3.04. The Hall–Kier alpha value is -0.720. The minimum Gasteiger partial charge on any atom is -0.379 e. The Bertz CT molecular complexity index is 472. The predicted octanol–water partition coefficient (Wildman–Crippen LogP) is 1.95. The van der Waals surface area contributed by atoms with E-state index in [0.29, 0.717) is 13.0 Å². The summed E-state index contributed by atoms with van der Waals surface area (Å²) >= 11 is 6.52. The summed E-state index contributed by atoms with van der Waals surface area (Å²) in [4.78, 5) is 16.0. The van der Waals surface area contributed by atoms with Gasteiger partial charge in [0.2, 0.25) is 5.91 Å². The zero-order chi connectivity index (χ0) is 12.5. The van der Waals surface area contributed by atoms with Crippen molar-refractivity contribution in [2.45, 2.75) is 32.2 Å². The summed E-state index contributed by atoms with van der Waals surface area (Å²) in [6.45, 7) is 5.28. The molecule has 1 aromatic rings. The second kappa shape index (κ2) is 4.88. The smallest absolute Gasteiger partial charge is 0.225 e. The van der Waals surface area contributed by atoms with Crippen molar-refractivity contribution >= 4 is 29.5 Å². The quantitative estimate of drug-likeness (QED) is 0.827. The van der Waals surface area contributed by atoms with Crippen molar-refractivity contribution in [1.82, 2.24) is 10.3 Å². The second-order valence-corrected chi connectivity index (χ2v) is 6.42. The fourth-order valence-corrected chi connectivity index (χ4v) is 3.19. The van der Waals surface area contributed by atoms with Crippen molar-refractivity contribution in [3.8, 4) is 0 Å². The highest BCUT2D eigenvalue weighted by molar-refractivity contribution is 7.73. The first kappa shape index (κ1) is 12.7. The van der Waals surface area contributed by atoms with Crippen LogP contribution in [0.2, 0.25) is 0 Å². The number of rotatable bonds is 3. The number of nitrogens with one attached hydrogen (secondary N) is 2. The number of carbonyl (C=O) groups is 1. The molecule has 4 nitrogen and oxygen atoms in total. The molecule has 0 bridgehead atoms. The van der Waals surface area contributed by atoms with Gasteiger partial charge in [0.1, 0.15) is 0 Å². The number of aromatic amines is 1. The molecule has 0 aromatic carbocycles. The zero-order valence-electron chi connectivity index (χ0n) is 9.96. The molecule has 0 spiro atoms. The Morgan fingerprint density at radius 1 is 1.71 bits per heavy atom. The number of aryl methyl sites for hydroxylation is 1. The van der Waals surface area contributed by atoms with Gasteiger partial charge in [-0.2, -0.15) is 0 Å². The van der Waals surface area contributed by atoms with Gasteiger partial charge in [-0.25, -0.2) is 0 Å². The van der Waals surface area contributed by atoms with Crippen LogP contribution in [0.25, 0.3) is 0 Å². The number of ether oxygens (including phenoxy) is 1. The Kier molecular flexibility index (Phi) is 3.65. The van der Waals surface area contributed by atoms with Crippen LogP contribution < -0.4 is 5.32 Å². The topological polar surface area (TPSA) is 54.1 Å². The lowest BCUT2D eigenvalue weighted by atomic mass is 10.0. The molecule has 17 heavy (non-hydrogen) atoms. The number of H-pyrrole nitrogens is 1. The first-order valence-electron chi connectivity index (χ1n) is 5.56. The minimum absolute atomic E-state index is 0.0337. The number of amides is 1. The highest BCUT2D eigenvalue weighted by Crippen LogP contribution is 2.19. The van der Waals surface area contributed by atoms with Gasteiger partial charge in [-0.3, -0.25) is 4.79 Å². The number of aromatic nitrogens is 1. The Labute approximate surface area is 109 Å². The summed E-state index contributed by atoms with van der Waals surface area (Å²) in [6, 6.07) is 0. The van der Waals surface area contributed by atoms with Crippen molar-refractivity contribution < 1.29 is 9.53 Å². The molecule has 2 N–H and O–H groups in total. The largest absolute Gasteiger partial charge is 0.379 e. The molecular formula is C11H16N2O2S2. The van der Waals surface area contributed by atoms with Gasteiger partial charge < -0.3 is 15.0 Å². The lowest BCUT2D eigenvalue weighted by Gasteiger charge is -2.23. The molecule has 1 atom stereocenters. The van der Waals surface area contributed by atoms with Crippen molar-refractivity contribution in [2.24, 2.45) is 0 Å². The van der Waals surface area contributed by atoms with E-state index in [2.05, 4.69) is 10.3 Å². The normalized spacial score (nSPS) is 23.9. The summed E-state index contributed by atoms with van der Waals surface area (Å²) in [5.41, 5.74) is 0.783. The molecule has 0 radical (unpaired) electrons. The van der Waals surface area contributed by atoms with Crippen LogP contribution in [0, 0.1) is 10.9 Å². The van der Waals surface area contributed by atoms with E-state index in [9.17, 15) is 4.79 Å². The average Bonchev–Trinajstić information content (AvgIpc) is 2.74. The maximum absolute atomic E-state index is 11.9. The van der Waals surface area contributed by atoms with Gasteiger partial charge in [0.05, 0.1) is 18.6 Å². The molecule has 94 valence electrons. The van der Waals surface area contributed by atoms with Crippen molar-refractivity contribution in [1.29, 1.82) is 0 Å². The van der Waals surface area contributed by atoms with Crippen LogP contribution >= 0.6 is 23.6 Å². The van der Waals surface area contributed by atoms with Gasteiger partial charge in [0.15, 0.2) is 3.95 Å². The third kappa shape index (κ3) is 3.14. The Balaban J connectivity index is 1.97. The van der Waals surface area contributed by atoms with Gasteiger partial charge in [-0.1, -0.05) is 0 Å². The second-order valence-electron chi connectivity index (χ2n) is 4.65. The van der Waals surface area contributed by atoms with E-state index >= 15 is 0 Å². The van der Waals surface area contributed by atoms with Gasteiger partial charge in [-0.05, 0) is 32.5 Å². The molecule has 2 heterocycles. The molecule has 2 rings (SSSR count). The summed E-state index contributed by atoms with van der Waals surface area (Å²) in [7, 11) is 0. The van der Waals surface area contributed by atoms with Crippen LogP contribution in [0.3, 0.4) is 0 Å². The van der Waals surface area contributed by atoms with Crippen LogP contribution in [-0.2, 0) is 16.0 Å². The maximum atomic E-state index is 11.9. The van der Waals surface area contributed by atoms with Crippen molar-refractivity contribution in [2.75, 3.05) is 13.2 Å². The van der Waals surface area contributed by atoms with Crippen molar-refractivity contribution in [3.05, 3.63) is 14.5 Å². The third-order valence-electron chi connectivity index (χ3n) is 2.90. The molecule has 1 unspecified atom stereocenters. The Morgan fingerprint density at radius 3 is 3.00 bits per heavy atom. The van der Waals surface area contributed by atoms with E-state index in [1.54, 1.807) is 0 Å². The highest BCUT2D eigenvalue weighted by Gasteiger charge is 2.31. The van der Waals surface area contributed by atoms with E-state index in [0.717, 1.165) is 27.6 Å². The standard InChI is InChI=1S/C11H16N2O2S2/c1-7-8(17-10(16)12-7)5-9(14)13-11(2)3-4-15-6-11/h3-6H2,1-2H3,(H,12,16)(H,13,14). The molecule has 1 fully saturated rings. The minimum atomic E-state index is -0.206. The number of hydrogen-bond acceptors (Lipinski definition) is 4. The fourth-order valence-electron chi connectivity index (χ4n) is 1.90. The lowest BCUT2D eigenvalue weighted by molar-refractivity contribution is -0.122. The van der Waals surface area contributed by atoms with E-state index in [1.165, 1.54) is 11.3 Å². The molecular weight excluding hydrogens is 256 g/mol. The monoisotopic (exact) mass is 272 g/mol. The van der Waals surface area contributed by atoms with E-state index in [-0.39, 0.29) is 11.4 Å². The maximum Gasteiger partial charge on any atom is 0.225 e. The van der Waals surface area contributed by atoms with Gasteiger partial charge >= 0.3 is 0 Å². The summed E-state index contributed by atoms with van der Waals surface area (Å²) in [6.07, 6.45) is 1.26. The van der Waals surface area contributed by atoms with Crippen LogP contribution in [0.15, 0.2) is 0 Å². The summed E-state index contributed by atoms with van der Waals surface area (Å²) in [5.74, 6) is 0.0337. The SMILES string of the molecule is Cc1[nH]c(=S)sc1CC(=O)NC1(C)CCOC1. The van der Waals surface area contributed by atoms with Gasteiger partial charge in [0.25, 0.3) is 0 Å². The lowest BCUT2D eigenvalue weighted by Crippen LogP contribution is -2.47. The van der Waals surface area contributed by atoms with Crippen LogP contribution in [0.5, 0.6) is 0 Å². The van der Waals surface area contributed by atoms with Crippen LogP contribution in [0.4, 0.5) is 0 Å². The molecule has 0 saturated carbocycles. The van der Waals surface area contributed by atoms with Gasteiger partial charge in [-0.15, -0.1) is 11.3 Å². The molecule has 1 aliphatic heterocycles. The average molecular weight is 272 g/mol. The number of carbonyl (C=O) groups excluding carboxylic acids is 1. The molecule has 0 aliphatic carbocycles. The molecule has 6 heteroatoms. The first-order valence-corrected chi connectivity index (χ1v) is 6.78.